The van der Waals surface area contributed by atoms with Gasteiger partial charge in [0.05, 0.1) is 5.88 Å². The van der Waals surface area contributed by atoms with Gasteiger partial charge in [-0.3, -0.25) is 4.79 Å². The quantitative estimate of drug-likeness (QED) is 0.592. The Labute approximate surface area is 89.0 Å². The summed E-state index contributed by atoms with van der Waals surface area (Å²) in [6.45, 7) is 1.74. The molecule has 0 aliphatic rings. The van der Waals surface area contributed by atoms with Gasteiger partial charge in [-0.1, -0.05) is 15.9 Å². The number of alkyl halides is 1. The summed E-state index contributed by atoms with van der Waals surface area (Å²) < 4.78 is 13.5. The number of carbonyl (C=O) groups is 1. The molecule has 70 valence electrons. The highest BCUT2D eigenvalue weighted by molar-refractivity contribution is 9.10. The Morgan fingerprint density at radius 1 is 1.62 bits per heavy atom. The van der Waals surface area contributed by atoms with Crippen molar-refractivity contribution in [3.8, 4) is 0 Å². The van der Waals surface area contributed by atoms with Gasteiger partial charge in [0, 0.05) is 10.0 Å². The Kier molecular flexibility index (Phi) is 3.45. The van der Waals surface area contributed by atoms with Gasteiger partial charge < -0.3 is 0 Å². The largest absolute Gasteiger partial charge is 0.293 e. The molecule has 1 aromatic carbocycles. The molecule has 0 aliphatic carbocycles. The van der Waals surface area contributed by atoms with Gasteiger partial charge in [-0.05, 0) is 24.6 Å². The molecule has 4 heteroatoms. The summed E-state index contributed by atoms with van der Waals surface area (Å²) in [4.78, 5) is 11.2. The molecule has 0 amide bonds. The maximum atomic E-state index is 12.9. The Morgan fingerprint density at radius 3 is 2.77 bits per heavy atom. The molecule has 0 heterocycles. The van der Waals surface area contributed by atoms with E-state index in [-0.39, 0.29) is 11.7 Å². The van der Waals surface area contributed by atoms with Gasteiger partial charge in [0.2, 0.25) is 0 Å². The number of hydrogen-bond donors (Lipinski definition) is 0. The second kappa shape index (κ2) is 4.20. The van der Waals surface area contributed by atoms with Crippen LogP contribution in [0.5, 0.6) is 0 Å². The number of benzene rings is 1. The molecule has 0 spiro atoms. The van der Waals surface area contributed by atoms with Crippen LogP contribution in [0.4, 0.5) is 4.39 Å². The molecule has 0 bridgehead atoms. The van der Waals surface area contributed by atoms with Gasteiger partial charge in [0.15, 0.2) is 5.78 Å². The fourth-order valence-electron chi connectivity index (χ4n) is 1.01. The second-order valence-corrected chi connectivity index (χ2v) is 3.74. The van der Waals surface area contributed by atoms with Crippen molar-refractivity contribution in [2.45, 2.75) is 6.92 Å². The monoisotopic (exact) mass is 264 g/mol. The molecule has 0 N–H and O–H groups in total. The van der Waals surface area contributed by atoms with E-state index in [1.165, 1.54) is 12.1 Å². The average Bonchev–Trinajstić information content (AvgIpc) is 2.10. The second-order valence-electron chi connectivity index (χ2n) is 2.62. The van der Waals surface area contributed by atoms with Crippen molar-refractivity contribution >= 4 is 33.3 Å². The van der Waals surface area contributed by atoms with Gasteiger partial charge in [-0.25, -0.2) is 4.39 Å². The van der Waals surface area contributed by atoms with E-state index in [2.05, 4.69) is 15.9 Å². The zero-order valence-electron chi connectivity index (χ0n) is 6.90. The normalized spacial score (nSPS) is 10.2. The number of rotatable bonds is 2. The molecule has 0 saturated heterocycles. The maximum Gasteiger partial charge on any atom is 0.177 e. The minimum atomic E-state index is -0.439. The summed E-state index contributed by atoms with van der Waals surface area (Å²) in [5.41, 5.74) is 1.05. The van der Waals surface area contributed by atoms with E-state index in [4.69, 9.17) is 11.6 Å². The topological polar surface area (TPSA) is 17.1 Å². The molecular formula is C9H7BrClFO. The van der Waals surface area contributed by atoms with E-state index >= 15 is 0 Å². The van der Waals surface area contributed by atoms with E-state index in [0.29, 0.717) is 15.6 Å². The number of halogens is 3. The van der Waals surface area contributed by atoms with Crippen LogP contribution < -0.4 is 0 Å². The van der Waals surface area contributed by atoms with Gasteiger partial charge in [0.1, 0.15) is 5.82 Å². The van der Waals surface area contributed by atoms with E-state index in [0.717, 1.165) is 0 Å². The van der Waals surface area contributed by atoms with Crippen LogP contribution in [0.25, 0.3) is 0 Å². The van der Waals surface area contributed by atoms with Crippen molar-refractivity contribution in [3.63, 3.8) is 0 Å². The van der Waals surface area contributed by atoms with Crippen LogP contribution in [0.3, 0.4) is 0 Å². The zero-order valence-corrected chi connectivity index (χ0v) is 9.25. The number of Topliss-reactive ketones (excluding diaryl/α,β-unsaturated/α-hetero) is 1. The Balaban J connectivity index is 3.28. The first-order chi connectivity index (χ1) is 6.06. The van der Waals surface area contributed by atoms with Crippen molar-refractivity contribution in [2.75, 3.05) is 5.88 Å². The standard InChI is InChI=1S/C9H7BrClFO/c1-5-7(9(13)4-11)2-6(12)3-8(5)10/h2-3H,4H2,1H3. The van der Waals surface area contributed by atoms with Crippen molar-refractivity contribution in [1.82, 2.24) is 0 Å². The maximum absolute atomic E-state index is 12.9. The minimum Gasteiger partial charge on any atom is -0.293 e. The number of ketones is 1. The predicted molar refractivity (Wildman–Crippen MR) is 53.9 cm³/mol. The Morgan fingerprint density at radius 2 is 2.23 bits per heavy atom. The highest BCUT2D eigenvalue weighted by Gasteiger charge is 2.11. The summed E-state index contributed by atoms with van der Waals surface area (Å²) >= 11 is 8.53. The van der Waals surface area contributed by atoms with Gasteiger partial charge in [-0.15, -0.1) is 11.6 Å². The minimum absolute atomic E-state index is 0.128. The van der Waals surface area contributed by atoms with Crippen LogP contribution in [0.1, 0.15) is 15.9 Å². The lowest BCUT2D eigenvalue weighted by molar-refractivity contribution is 0.102. The van der Waals surface area contributed by atoms with E-state index in [9.17, 15) is 9.18 Å². The molecule has 13 heavy (non-hydrogen) atoms. The van der Waals surface area contributed by atoms with Crippen molar-refractivity contribution in [3.05, 3.63) is 33.5 Å². The molecule has 0 atom stereocenters. The zero-order chi connectivity index (χ0) is 10.0. The fourth-order valence-corrected chi connectivity index (χ4v) is 1.58. The molecule has 1 rings (SSSR count). The highest BCUT2D eigenvalue weighted by atomic mass is 79.9. The molecule has 0 aromatic heterocycles. The Hall–Kier alpha value is -0.410. The third-order valence-electron chi connectivity index (χ3n) is 1.73. The number of carbonyl (C=O) groups excluding carboxylic acids is 1. The lowest BCUT2D eigenvalue weighted by atomic mass is 10.1. The van der Waals surface area contributed by atoms with Gasteiger partial charge in [0.25, 0.3) is 0 Å². The van der Waals surface area contributed by atoms with Crippen molar-refractivity contribution in [1.29, 1.82) is 0 Å². The molecule has 0 fully saturated rings. The molecular weight excluding hydrogens is 258 g/mol. The molecule has 0 radical (unpaired) electrons. The molecule has 0 saturated carbocycles. The summed E-state index contributed by atoms with van der Waals surface area (Å²) in [5.74, 6) is -0.832. The molecule has 0 unspecified atom stereocenters. The average molecular weight is 266 g/mol. The van der Waals surface area contributed by atoms with Crippen LogP contribution in [-0.2, 0) is 0 Å². The van der Waals surface area contributed by atoms with Gasteiger partial charge in [-0.2, -0.15) is 0 Å². The van der Waals surface area contributed by atoms with Crippen LogP contribution in [-0.4, -0.2) is 11.7 Å². The highest BCUT2D eigenvalue weighted by Crippen LogP contribution is 2.22. The first-order valence-electron chi connectivity index (χ1n) is 3.61. The molecule has 1 aromatic rings. The lowest BCUT2D eigenvalue weighted by Gasteiger charge is -2.04. The Bertz CT molecular complexity index is 352. The molecule has 1 nitrogen and oxygen atoms in total. The predicted octanol–water partition coefficient (Wildman–Crippen LogP) is 3.32. The third kappa shape index (κ3) is 2.29. The first kappa shape index (κ1) is 10.7. The fraction of sp³-hybridized carbons (Fsp3) is 0.222. The first-order valence-corrected chi connectivity index (χ1v) is 4.94. The van der Waals surface area contributed by atoms with Crippen LogP contribution in [0, 0.1) is 12.7 Å². The van der Waals surface area contributed by atoms with Crippen LogP contribution in [0.2, 0.25) is 0 Å². The van der Waals surface area contributed by atoms with Crippen molar-refractivity contribution < 1.29 is 9.18 Å². The summed E-state index contributed by atoms with van der Waals surface area (Å²) in [7, 11) is 0. The number of hydrogen-bond acceptors (Lipinski definition) is 1. The van der Waals surface area contributed by atoms with E-state index in [1.54, 1.807) is 6.92 Å². The third-order valence-corrected chi connectivity index (χ3v) is 2.80. The molecule has 0 aliphatic heterocycles. The SMILES string of the molecule is Cc1c(Br)cc(F)cc1C(=O)CCl. The van der Waals surface area contributed by atoms with Crippen LogP contribution in [0.15, 0.2) is 16.6 Å². The summed E-state index contributed by atoms with van der Waals surface area (Å²) in [6, 6.07) is 2.52. The summed E-state index contributed by atoms with van der Waals surface area (Å²) in [5, 5.41) is 0. The van der Waals surface area contributed by atoms with Crippen LogP contribution >= 0.6 is 27.5 Å². The van der Waals surface area contributed by atoms with E-state index in [1.807, 2.05) is 0 Å². The smallest absolute Gasteiger partial charge is 0.177 e. The lowest BCUT2D eigenvalue weighted by Crippen LogP contribution is -2.04. The van der Waals surface area contributed by atoms with E-state index < -0.39 is 5.82 Å². The van der Waals surface area contributed by atoms with Gasteiger partial charge >= 0.3 is 0 Å². The van der Waals surface area contributed by atoms with Crippen molar-refractivity contribution in [2.24, 2.45) is 0 Å². The summed E-state index contributed by atoms with van der Waals surface area (Å²) in [6.07, 6.45) is 0.